The lowest BCUT2D eigenvalue weighted by Crippen LogP contribution is -2.41. The minimum atomic E-state index is -0.465. The Morgan fingerprint density at radius 2 is 1.75 bits per heavy atom. The van der Waals surface area contributed by atoms with Gasteiger partial charge in [0.25, 0.3) is 0 Å². The van der Waals surface area contributed by atoms with Crippen molar-refractivity contribution in [2.75, 3.05) is 5.32 Å². The Bertz CT molecular complexity index is 490. The van der Waals surface area contributed by atoms with E-state index in [2.05, 4.69) is 24.1 Å². The van der Waals surface area contributed by atoms with Crippen LogP contribution in [0, 0.1) is 0 Å². The van der Waals surface area contributed by atoms with E-state index in [9.17, 15) is 0 Å². The van der Waals surface area contributed by atoms with Crippen molar-refractivity contribution < 1.29 is 9.31 Å². The van der Waals surface area contributed by atoms with Crippen LogP contribution in [0.25, 0.3) is 0 Å². The summed E-state index contributed by atoms with van der Waals surface area (Å²) in [5.41, 5.74) is 0.0781. The SMILES string of the molecule is CC(C)Nc1ncc(Cl)cc1B1OC(C)(C)C(C)(C)O1. The van der Waals surface area contributed by atoms with Crippen LogP contribution in [-0.2, 0) is 9.31 Å². The highest BCUT2D eigenvalue weighted by Gasteiger charge is 2.52. The maximum absolute atomic E-state index is 6.07. The van der Waals surface area contributed by atoms with Crippen molar-refractivity contribution in [3.05, 3.63) is 17.3 Å². The second kappa shape index (κ2) is 5.21. The molecule has 0 bridgehead atoms. The van der Waals surface area contributed by atoms with Crippen molar-refractivity contribution in [3.63, 3.8) is 0 Å². The summed E-state index contributed by atoms with van der Waals surface area (Å²) in [5, 5.41) is 3.88. The summed E-state index contributed by atoms with van der Waals surface area (Å²) in [5.74, 6) is 0.753. The van der Waals surface area contributed by atoms with Gasteiger partial charge in [0, 0.05) is 17.7 Å². The van der Waals surface area contributed by atoms with E-state index in [0.29, 0.717) is 5.02 Å². The highest BCUT2D eigenvalue weighted by molar-refractivity contribution is 6.64. The Balaban J connectivity index is 2.36. The van der Waals surface area contributed by atoms with Gasteiger partial charge in [0.15, 0.2) is 0 Å². The van der Waals surface area contributed by atoms with Gasteiger partial charge in [-0.05, 0) is 47.6 Å². The van der Waals surface area contributed by atoms with Gasteiger partial charge in [-0.1, -0.05) is 11.6 Å². The van der Waals surface area contributed by atoms with Crippen LogP contribution in [0.3, 0.4) is 0 Å². The molecule has 0 spiro atoms. The highest BCUT2D eigenvalue weighted by atomic mass is 35.5. The number of halogens is 1. The van der Waals surface area contributed by atoms with Gasteiger partial charge >= 0.3 is 7.12 Å². The van der Waals surface area contributed by atoms with E-state index in [0.717, 1.165) is 11.3 Å². The molecule has 0 saturated carbocycles. The monoisotopic (exact) mass is 296 g/mol. The predicted octanol–water partition coefficient (Wildman–Crippen LogP) is 2.85. The molecular formula is C14H22BClN2O2. The molecule has 1 aliphatic rings. The lowest BCUT2D eigenvalue weighted by Gasteiger charge is -2.32. The Hall–Kier alpha value is -0.775. The zero-order valence-electron chi connectivity index (χ0n) is 13.0. The number of aromatic nitrogens is 1. The van der Waals surface area contributed by atoms with Gasteiger partial charge < -0.3 is 14.6 Å². The first-order valence-electron chi connectivity index (χ1n) is 6.90. The van der Waals surface area contributed by atoms with Crippen LogP contribution >= 0.6 is 11.6 Å². The van der Waals surface area contributed by atoms with Gasteiger partial charge in [-0.2, -0.15) is 0 Å². The maximum Gasteiger partial charge on any atom is 0.498 e. The lowest BCUT2D eigenvalue weighted by atomic mass is 9.79. The fourth-order valence-corrected chi connectivity index (χ4v) is 2.17. The molecule has 0 radical (unpaired) electrons. The van der Waals surface area contributed by atoms with Crippen LogP contribution in [0.4, 0.5) is 5.82 Å². The zero-order valence-corrected chi connectivity index (χ0v) is 13.7. The van der Waals surface area contributed by atoms with Crippen molar-refractivity contribution in [1.29, 1.82) is 0 Å². The largest absolute Gasteiger partial charge is 0.498 e. The summed E-state index contributed by atoms with van der Waals surface area (Å²) in [6.45, 7) is 12.2. The zero-order chi connectivity index (χ0) is 15.1. The average Bonchev–Trinajstić information content (AvgIpc) is 2.50. The standard InChI is InChI=1S/C14H22BClN2O2/c1-9(2)18-12-11(7-10(16)8-17-12)15-19-13(3,4)14(5,6)20-15/h7-9H,1-6H3,(H,17,18). The molecule has 6 heteroatoms. The van der Waals surface area contributed by atoms with Gasteiger partial charge in [0.1, 0.15) is 5.82 Å². The van der Waals surface area contributed by atoms with Gasteiger partial charge in [-0.3, -0.25) is 0 Å². The minimum Gasteiger partial charge on any atom is -0.399 e. The molecule has 0 amide bonds. The molecule has 20 heavy (non-hydrogen) atoms. The Kier molecular flexibility index (Phi) is 4.06. The molecule has 0 unspecified atom stereocenters. The first-order chi connectivity index (χ1) is 9.12. The van der Waals surface area contributed by atoms with E-state index < -0.39 is 7.12 Å². The fourth-order valence-electron chi connectivity index (χ4n) is 2.00. The molecule has 1 aromatic rings. The van der Waals surface area contributed by atoms with E-state index in [1.54, 1.807) is 6.20 Å². The van der Waals surface area contributed by atoms with Crippen LogP contribution in [0.15, 0.2) is 12.3 Å². The molecule has 2 rings (SSSR count). The summed E-state index contributed by atoms with van der Waals surface area (Å²) in [6.07, 6.45) is 1.63. The third-order valence-corrected chi connectivity index (χ3v) is 4.02. The second-order valence-corrected chi connectivity index (χ2v) is 6.92. The predicted molar refractivity (Wildman–Crippen MR) is 83.7 cm³/mol. The van der Waals surface area contributed by atoms with Crippen molar-refractivity contribution in [2.24, 2.45) is 0 Å². The minimum absolute atomic E-state index is 0.268. The molecule has 4 nitrogen and oxygen atoms in total. The van der Waals surface area contributed by atoms with Crippen molar-refractivity contribution in [3.8, 4) is 0 Å². The number of hydrogen-bond acceptors (Lipinski definition) is 4. The van der Waals surface area contributed by atoms with Gasteiger partial charge in [0.05, 0.1) is 16.2 Å². The highest BCUT2D eigenvalue weighted by Crippen LogP contribution is 2.37. The van der Waals surface area contributed by atoms with Gasteiger partial charge in [-0.15, -0.1) is 0 Å². The van der Waals surface area contributed by atoms with Crippen LogP contribution in [0.5, 0.6) is 0 Å². The molecular weight excluding hydrogens is 274 g/mol. The van der Waals surface area contributed by atoms with E-state index >= 15 is 0 Å². The first kappa shape index (κ1) is 15.6. The van der Waals surface area contributed by atoms with Crippen molar-refractivity contribution in [1.82, 2.24) is 4.98 Å². The molecule has 1 aliphatic heterocycles. The Labute approximate surface area is 126 Å². The second-order valence-electron chi connectivity index (χ2n) is 6.48. The maximum atomic E-state index is 6.07. The third-order valence-electron chi connectivity index (χ3n) is 3.82. The Morgan fingerprint density at radius 3 is 2.25 bits per heavy atom. The number of nitrogens with one attached hydrogen (secondary N) is 1. The fraction of sp³-hybridized carbons (Fsp3) is 0.643. The number of nitrogens with zero attached hydrogens (tertiary/aromatic N) is 1. The molecule has 1 saturated heterocycles. The van der Waals surface area contributed by atoms with Crippen molar-refractivity contribution >= 4 is 30.0 Å². The lowest BCUT2D eigenvalue weighted by molar-refractivity contribution is 0.00578. The molecule has 1 fully saturated rings. The molecule has 1 aromatic heterocycles. The Morgan fingerprint density at radius 1 is 1.20 bits per heavy atom. The molecule has 0 atom stereocenters. The van der Waals surface area contributed by atoms with E-state index in [4.69, 9.17) is 20.9 Å². The van der Waals surface area contributed by atoms with Gasteiger partial charge in [-0.25, -0.2) is 4.98 Å². The number of anilines is 1. The van der Waals surface area contributed by atoms with Crippen LogP contribution in [-0.4, -0.2) is 29.3 Å². The third kappa shape index (κ3) is 2.95. The summed E-state index contributed by atoms with van der Waals surface area (Å²) >= 11 is 6.07. The average molecular weight is 297 g/mol. The molecule has 110 valence electrons. The summed E-state index contributed by atoms with van der Waals surface area (Å²) in [7, 11) is -0.465. The molecule has 2 heterocycles. The molecule has 1 N–H and O–H groups in total. The van der Waals surface area contributed by atoms with Crippen LogP contribution in [0.2, 0.25) is 5.02 Å². The normalized spacial score (nSPS) is 20.5. The molecule has 0 aliphatic carbocycles. The van der Waals surface area contributed by atoms with Crippen LogP contribution in [0.1, 0.15) is 41.5 Å². The number of hydrogen-bond donors (Lipinski definition) is 1. The first-order valence-corrected chi connectivity index (χ1v) is 7.28. The molecule has 0 aromatic carbocycles. The summed E-state index contributed by atoms with van der Waals surface area (Å²) in [6, 6.07) is 2.12. The van der Waals surface area contributed by atoms with E-state index in [-0.39, 0.29) is 17.2 Å². The number of rotatable bonds is 3. The topological polar surface area (TPSA) is 43.4 Å². The van der Waals surface area contributed by atoms with E-state index in [1.165, 1.54) is 0 Å². The number of pyridine rings is 1. The summed E-state index contributed by atoms with van der Waals surface area (Å²) in [4.78, 5) is 4.36. The quantitative estimate of drug-likeness (QED) is 0.871. The van der Waals surface area contributed by atoms with Gasteiger partial charge in [0.2, 0.25) is 0 Å². The summed E-state index contributed by atoms with van der Waals surface area (Å²) < 4.78 is 12.1. The smallest absolute Gasteiger partial charge is 0.399 e. The van der Waals surface area contributed by atoms with Crippen LogP contribution < -0.4 is 10.8 Å². The van der Waals surface area contributed by atoms with E-state index in [1.807, 2.05) is 33.8 Å². The van der Waals surface area contributed by atoms with Crippen molar-refractivity contribution in [2.45, 2.75) is 58.8 Å².